The fourth-order valence-electron chi connectivity index (χ4n) is 0.874. The topological polar surface area (TPSA) is 18.5 Å². The van der Waals surface area contributed by atoms with E-state index < -0.39 is 11.6 Å². The molecule has 1 aliphatic heterocycles. The molecule has 1 atom stereocenters. The fourth-order valence-corrected chi connectivity index (χ4v) is 0.874. The van der Waals surface area contributed by atoms with Crippen LogP contribution in [0.4, 0.5) is 8.78 Å². The van der Waals surface area contributed by atoms with Crippen molar-refractivity contribution in [2.24, 2.45) is 0 Å². The van der Waals surface area contributed by atoms with E-state index in [0.29, 0.717) is 7.18 Å². The minimum absolute atomic E-state index is 0.0278. The van der Waals surface area contributed by atoms with Crippen molar-refractivity contribution >= 4 is 0 Å². The quantitative estimate of drug-likeness (QED) is 0.551. The van der Waals surface area contributed by atoms with Crippen LogP contribution < -0.4 is 0 Å². The Morgan fingerprint density at radius 3 is 1.73 bits per heavy atom. The van der Waals surface area contributed by atoms with Crippen LogP contribution in [0.2, 0.25) is 0 Å². The van der Waals surface area contributed by atoms with Crippen LogP contribution in [-0.4, -0.2) is 25.4 Å². The van der Waals surface area contributed by atoms with E-state index in [-0.39, 0.29) is 6.61 Å². The number of hydrogen-bond acceptors (Lipinski definition) is 2. The molecule has 0 aromatic rings. The largest absolute Gasteiger partial charge is 0.344 e. The van der Waals surface area contributed by atoms with Crippen LogP contribution in [0.3, 0.4) is 0 Å². The third-order valence-corrected chi connectivity index (χ3v) is 1.14. The molecule has 0 spiro atoms. The predicted molar refractivity (Wildman–Crippen MR) is 37.7 cm³/mol. The first kappa shape index (κ1) is 10.8. The number of hydrogen-bond donors (Lipinski definition) is 0. The molecule has 1 unspecified atom stereocenters. The zero-order valence-electron chi connectivity index (χ0n) is 7.28. The monoisotopic (exact) mass is 168 g/mol. The molecule has 1 rings (SSSR count). The van der Waals surface area contributed by atoms with Crippen LogP contribution in [0, 0.1) is 0 Å². The van der Waals surface area contributed by atoms with Crippen LogP contribution in [0.5, 0.6) is 0 Å². The van der Waals surface area contributed by atoms with E-state index in [2.05, 4.69) is 0 Å². The maximum atomic E-state index is 12.8. The van der Waals surface area contributed by atoms with Crippen molar-refractivity contribution in [3.8, 4) is 0 Å². The van der Waals surface area contributed by atoms with Gasteiger partial charge < -0.3 is 9.47 Å². The van der Waals surface area contributed by atoms with Gasteiger partial charge in [0.1, 0.15) is 6.61 Å². The normalized spacial score (nSPS) is 34.4. The van der Waals surface area contributed by atoms with E-state index in [4.69, 9.17) is 9.47 Å². The molecule has 0 aliphatic carbocycles. The lowest BCUT2D eigenvalue weighted by molar-refractivity contribution is -0.190. The van der Waals surface area contributed by atoms with Crippen molar-refractivity contribution in [3.63, 3.8) is 0 Å². The Bertz CT molecular complexity index is 110. The Morgan fingerprint density at radius 2 is 1.64 bits per heavy atom. The molecule has 1 aliphatic rings. The van der Waals surface area contributed by atoms with E-state index in [9.17, 15) is 8.78 Å². The predicted octanol–water partition coefficient (Wildman–Crippen LogP) is 2.04. The Morgan fingerprint density at radius 1 is 1.18 bits per heavy atom. The Hall–Kier alpha value is -0.220. The molecule has 4 heteroatoms. The molecule has 0 aromatic carbocycles. The Labute approximate surface area is 65.5 Å². The highest BCUT2D eigenvalue weighted by Gasteiger charge is 2.41. The highest BCUT2D eigenvalue weighted by atomic mass is 19.2. The second-order valence-electron chi connectivity index (χ2n) is 2.89. The van der Waals surface area contributed by atoms with Crippen LogP contribution in [-0.2, 0) is 9.47 Å². The summed E-state index contributed by atoms with van der Waals surface area (Å²) in [4.78, 5) is 0. The Kier molecular flexibility index (Phi) is 3.38. The lowest BCUT2D eigenvalue weighted by Gasteiger charge is -2.17. The van der Waals surface area contributed by atoms with Gasteiger partial charge >= 0.3 is 0 Å². The van der Waals surface area contributed by atoms with Crippen LogP contribution in [0.15, 0.2) is 0 Å². The van der Waals surface area contributed by atoms with Gasteiger partial charge in [0.05, 0.1) is 7.18 Å². The molecule has 2 nitrogen and oxygen atoms in total. The molecule has 0 saturated carbocycles. The molecular formula is C7H14F2O2. The standard InChI is InChI=1S/C6H11FO2.CH3F/c1-5(2)8-4-6(3,7)9-5;1-2/h4H2,1-3H3;1H3. The number of rotatable bonds is 0. The second-order valence-corrected chi connectivity index (χ2v) is 2.89. The van der Waals surface area contributed by atoms with Gasteiger partial charge in [-0.25, -0.2) is 4.39 Å². The maximum absolute atomic E-state index is 12.8. The van der Waals surface area contributed by atoms with Gasteiger partial charge in [0.15, 0.2) is 5.79 Å². The van der Waals surface area contributed by atoms with E-state index in [1.807, 2.05) is 0 Å². The average molecular weight is 168 g/mol. The second kappa shape index (κ2) is 3.45. The van der Waals surface area contributed by atoms with Gasteiger partial charge in [-0.3, -0.25) is 4.39 Å². The fraction of sp³-hybridized carbons (Fsp3) is 1.00. The number of ether oxygens (including phenoxy) is 2. The van der Waals surface area contributed by atoms with E-state index in [1.54, 1.807) is 13.8 Å². The van der Waals surface area contributed by atoms with Gasteiger partial charge in [-0.1, -0.05) is 0 Å². The summed E-state index contributed by atoms with van der Waals surface area (Å²) >= 11 is 0. The van der Waals surface area contributed by atoms with E-state index in [1.165, 1.54) is 6.92 Å². The van der Waals surface area contributed by atoms with E-state index >= 15 is 0 Å². The molecule has 1 saturated heterocycles. The molecule has 0 bridgehead atoms. The molecule has 0 radical (unpaired) electrons. The molecule has 0 aromatic heterocycles. The van der Waals surface area contributed by atoms with Gasteiger partial charge in [-0.05, 0) is 20.8 Å². The van der Waals surface area contributed by atoms with Crippen molar-refractivity contribution in [1.82, 2.24) is 0 Å². The van der Waals surface area contributed by atoms with Crippen LogP contribution in [0.1, 0.15) is 20.8 Å². The van der Waals surface area contributed by atoms with E-state index in [0.717, 1.165) is 0 Å². The van der Waals surface area contributed by atoms with Gasteiger partial charge in [-0.15, -0.1) is 0 Å². The summed E-state index contributed by atoms with van der Waals surface area (Å²) in [5, 5.41) is 0. The number of alkyl halides is 2. The van der Waals surface area contributed by atoms with Crippen molar-refractivity contribution in [3.05, 3.63) is 0 Å². The van der Waals surface area contributed by atoms with Gasteiger partial charge in [0.25, 0.3) is 0 Å². The van der Waals surface area contributed by atoms with Gasteiger partial charge in [0, 0.05) is 0 Å². The molecule has 1 fully saturated rings. The molecular weight excluding hydrogens is 154 g/mol. The lowest BCUT2D eigenvalue weighted by Crippen LogP contribution is -2.25. The summed E-state index contributed by atoms with van der Waals surface area (Å²) in [6.07, 6.45) is 0. The first-order valence-corrected chi connectivity index (χ1v) is 3.32. The molecule has 11 heavy (non-hydrogen) atoms. The summed E-state index contributed by atoms with van der Waals surface area (Å²) in [6.45, 7) is 4.78. The molecule has 0 N–H and O–H groups in total. The average Bonchev–Trinajstić information content (AvgIpc) is 2.10. The maximum Gasteiger partial charge on any atom is 0.232 e. The van der Waals surface area contributed by atoms with Crippen LogP contribution >= 0.6 is 0 Å². The summed E-state index contributed by atoms with van der Waals surface area (Å²) < 4.78 is 32.1. The minimum Gasteiger partial charge on any atom is -0.344 e. The van der Waals surface area contributed by atoms with Gasteiger partial charge in [0.2, 0.25) is 5.85 Å². The first-order chi connectivity index (χ1) is 4.91. The Balaban J connectivity index is 0.000000461. The van der Waals surface area contributed by atoms with Crippen LogP contribution in [0.25, 0.3) is 0 Å². The summed E-state index contributed by atoms with van der Waals surface area (Å²) in [6, 6.07) is 0. The van der Waals surface area contributed by atoms with Crippen molar-refractivity contribution in [1.29, 1.82) is 0 Å². The zero-order chi connectivity index (χ0) is 9.12. The smallest absolute Gasteiger partial charge is 0.232 e. The SMILES string of the molecule is CC1(F)COC(C)(C)O1.CF. The first-order valence-electron chi connectivity index (χ1n) is 3.32. The minimum atomic E-state index is -1.59. The highest BCUT2D eigenvalue weighted by Crippen LogP contribution is 2.30. The number of halogens is 2. The van der Waals surface area contributed by atoms with Crippen molar-refractivity contribution in [2.75, 3.05) is 13.8 Å². The van der Waals surface area contributed by atoms with Gasteiger partial charge in [-0.2, -0.15) is 0 Å². The summed E-state index contributed by atoms with van der Waals surface area (Å²) in [5.41, 5.74) is 0. The molecule has 68 valence electrons. The van der Waals surface area contributed by atoms with Crippen molar-refractivity contribution in [2.45, 2.75) is 32.4 Å². The molecule has 0 amide bonds. The lowest BCUT2D eigenvalue weighted by atomic mass is 10.4. The highest BCUT2D eigenvalue weighted by molar-refractivity contribution is 4.72. The third-order valence-electron chi connectivity index (χ3n) is 1.14. The third kappa shape index (κ3) is 3.62. The summed E-state index contributed by atoms with van der Waals surface area (Å²) in [7, 11) is 0.500. The summed E-state index contributed by atoms with van der Waals surface area (Å²) in [5.74, 6) is -2.34. The zero-order valence-corrected chi connectivity index (χ0v) is 7.28. The van der Waals surface area contributed by atoms with Crippen molar-refractivity contribution < 1.29 is 18.3 Å². The molecule has 1 heterocycles.